The Hall–Kier alpha value is -2.24. The number of nitrogens with one attached hydrogen (secondary N) is 1. The Kier molecular flexibility index (Phi) is 4.53. The molecule has 6 heteroatoms. The quantitative estimate of drug-likeness (QED) is 0.505. The minimum atomic E-state index is -0.542. The second-order valence-electron chi connectivity index (χ2n) is 4.16. The van der Waals surface area contributed by atoms with E-state index in [1.165, 1.54) is 24.3 Å². The molecule has 1 rings (SSSR count). The van der Waals surface area contributed by atoms with Crippen molar-refractivity contribution in [3.05, 3.63) is 39.9 Å². The van der Waals surface area contributed by atoms with Crippen molar-refractivity contribution in [1.82, 2.24) is 5.43 Å². The first kappa shape index (κ1) is 13.8. The van der Waals surface area contributed by atoms with Crippen LogP contribution < -0.4 is 5.43 Å². The Labute approximate surface area is 105 Å². The smallest absolute Gasteiger partial charge is 0.267 e. The highest BCUT2D eigenvalue weighted by Crippen LogP contribution is 2.12. The molecular weight excluding hydrogens is 234 g/mol. The molecule has 0 bridgehead atoms. The van der Waals surface area contributed by atoms with Crippen molar-refractivity contribution in [2.24, 2.45) is 11.0 Å². The maximum absolute atomic E-state index is 11.7. The van der Waals surface area contributed by atoms with Gasteiger partial charge >= 0.3 is 0 Å². The molecule has 0 spiro atoms. The van der Waals surface area contributed by atoms with Gasteiger partial charge in [0.25, 0.3) is 11.6 Å². The van der Waals surface area contributed by atoms with Gasteiger partial charge in [-0.3, -0.25) is 14.9 Å². The van der Waals surface area contributed by atoms with Gasteiger partial charge in [-0.25, -0.2) is 5.43 Å². The van der Waals surface area contributed by atoms with Crippen LogP contribution in [0.2, 0.25) is 0 Å². The lowest BCUT2D eigenvalue weighted by atomic mass is 10.1. The summed E-state index contributed by atoms with van der Waals surface area (Å²) < 4.78 is 0. The third kappa shape index (κ3) is 3.65. The zero-order chi connectivity index (χ0) is 13.7. The van der Waals surface area contributed by atoms with E-state index in [-0.39, 0.29) is 17.2 Å². The van der Waals surface area contributed by atoms with Crippen LogP contribution in [0.1, 0.15) is 31.1 Å². The second kappa shape index (κ2) is 5.90. The fraction of sp³-hybridized carbons (Fsp3) is 0.333. The summed E-state index contributed by atoms with van der Waals surface area (Å²) in [6.07, 6.45) is 0. The van der Waals surface area contributed by atoms with Crippen molar-refractivity contribution in [2.45, 2.75) is 20.8 Å². The molecule has 1 aromatic rings. The molecule has 0 saturated carbocycles. The molecule has 0 radical (unpaired) electrons. The third-order valence-electron chi connectivity index (χ3n) is 2.49. The number of hydrogen-bond donors (Lipinski definition) is 1. The number of hydrazone groups is 1. The normalized spacial score (nSPS) is 11.4. The largest absolute Gasteiger partial charge is 0.271 e. The first-order valence-electron chi connectivity index (χ1n) is 5.50. The van der Waals surface area contributed by atoms with Crippen molar-refractivity contribution >= 4 is 17.3 Å². The van der Waals surface area contributed by atoms with Gasteiger partial charge in [0.05, 0.1) is 4.92 Å². The zero-order valence-corrected chi connectivity index (χ0v) is 10.5. The van der Waals surface area contributed by atoms with Gasteiger partial charge in [0.2, 0.25) is 0 Å². The number of carbonyl (C=O) groups is 1. The lowest BCUT2D eigenvalue weighted by molar-refractivity contribution is -0.384. The summed E-state index contributed by atoms with van der Waals surface area (Å²) in [6.45, 7) is 5.72. The maximum atomic E-state index is 11.7. The van der Waals surface area contributed by atoms with E-state index in [4.69, 9.17) is 0 Å². The molecule has 1 N–H and O–H groups in total. The standard InChI is InChI=1S/C12H15N3O3/c1-8(2)9(3)13-14-12(16)10-5-4-6-11(7-10)15(17)18/h4-8H,1-3H3,(H,14,16)/b13-9+. The van der Waals surface area contributed by atoms with E-state index in [0.717, 1.165) is 5.71 Å². The highest BCUT2D eigenvalue weighted by molar-refractivity contribution is 5.95. The summed E-state index contributed by atoms with van der Waals surface area (Å²) in [5.74, 6) is -0.228. The maximum Gasteiger partial charge on any atom is 0.271 e. The third-order valence-corrected chi connectivity index (χ3v) is 2.49. The van der Waals surface area contributed by atoms with Crippen LogP contribution in [0.4, 0.5) is 5.69 Å². The summed E-state index contributed by atoms with van der Waals surface area (Å²) in [4.78, 5) is 21.7. The van der Waals surface area contributed by atoms with Crippen LogP contribution in [0.3, 0.4) is 0 Å². The minimum absolute atomic E-state index is 0.118. The molecule has 0 aromatic heterocycles. The number of nitro benzene ring substituents is 1. The number of rotatable bonds is 4. The number of hydrogen-bond acceptors (Lipinski definition) is 4. The Balaban J connectivity index is 2.82. The van der Waals surface area contributed by atoms with Crippen LogP contribution in [0, 0.1) is 16.0 Å². The van der Waals surface area contributed by atoms with Gasteiger partial charge in [-0.2, -0.15) is 5.10 Å². The van der Waals surface area contributed by atoms with Gasteiger partial charge in [-0.1, -0.05) is 19.9 Å². The Morgan fingerprint density at radius 1 is 1.44 bits per heavy atom. The van der Waals surface area contributed by atoms with Crippen LogP contribution >= 0.6 is 0 Å². The Morgan fingerprint density at radius 2 is 2.11 bits per heavy atom. The number of nitro groups is 1. The molecule has 0 saturated heterocycles. The molecule has 1 aromatic carbocycles. The van der Waals surface area contributed by atoms with Gasteiger partial charge in [0.15, 0.2) is 0 Å². The van der Waals surface area contributed by atoms with Crippen molar-refractivity contribution in [2.75, 3.05) is 0 Å². The summed E-state index contributed by atoms with van der Waals surface area (Å²) in [7, 11) is 0. The highest BCUT2D eigenvalue weighted by Gasteiger charge is 2.11. The van der Waals surface area contributed by atoms with Crippen LogP contribution in [-0.4, -0.2) is 16.5 Å². The molecule has 0 atom stereocenters. The van der Waals surface area contributed by atoms with E-state index in [0.29, 0.717) is 0 Å². The van der Waals surface area contributed by atoms with Crippen LogP contribution in [0.25, 0.3) is 0 Å². The van der Waals surface area contributed by atoms with Crippen LogP contribution in [-0.2, 0) is 0 Å². The molecule has 0 unspecified atom stereocenters. The number of carbonyl (C=O) groups excluding carboxylic acids is 1. The molecule has 0 aliphatic heterocycles. The van der Waals surface area contributed by atoms with Gasteiger partial charge in [-0.15, -0.1) is 0 Å². The number of amides is 1. The lowest BCUT2D eigenvalue weighted by Gasteiger charge is -2.04. The van der Waals surface area contributed by atoms with E-state index in [1.807, 2.05) is 13.8 Å². The monoisotopic (exact) mass is 249 g/mol. The molecule has 18 heavy (non-hydrogen) atoms. The topological polar surface area (TPSA) is 84.6 Å². The molecule has 0 heterocycles. The zero-order valence-electron chi connectivity index (χ0n) is 10.5. The van der Waals surface area contributed by atoms with Crippen molar-refractivity contribution in [3.63, 3.8) is 0 Å². The fourth-order valence-electron chi connectivity index (χ4n) is 1.09. The van der Waals surface area contributed by atoms with E-state index in [2.05, 4.69) is 10.5 Å². The molecule has 1 amide bonds. The first-order valence-corrected chi connectivity index (χ1v) is 5.50. The number of benzene rings is 1. The predicted octanol–water partition coefficient (Wildman–Crippen LogP) is 2.36. The molecule has 0 aliphatic carbocycles. The van der Waals surface area contributed by atoms with Crippen molar-refractivity contribution in [3.8, 4) is 0 Å². The van der Waals surface area contributed by atoms with Crippen molar-refractivity contribution < 1.29 is 9.72 Å². The average molecular weight is 249 g/mol. The van der Waals surface area contributed by atoms with Gasteiger partial charge in [0.1, 0.15) is 0 Å². The van der Waals surface area contributed by atoms with Crippen LogP contribution in [0.5, 0.6) is 0 Å². The van der Waals surface area contributed by atoms with E-state index in [9.17, 15) is 14.9 Å². The Bertz CT molecular complexity index is 495. The molecule has 0 aliphatic rings. The van der Waals surface area contributed by atoms with Gasteiger partial charge in [0, 0.05) is 23.4 Å². The average Bonchev–Trinajstić information content (AvgIpc) is 2.35. The summed E-state index contributed by atoms with van der Waals surface area (Å²) >= 11 is 0. The van der Waals surface area contributed by atoms with E-state index in [1.54, 1.807) is 6.92 Å². The summed E-state index contributed by atoms with van der Waals surface area (Å²) in [5.41, 5.74) is 3.25. The second-order valence-corrected chi connectivity index (χ2v) is 4.16. The molecular formula is C12H15N3O3. The Morgan fingerprint density at radius 3 is 2.67 bits per heavy atom. The van der Waals surface area contributed by atoms with Crippen molar-refractivity contribution in [1.29, 1.82) is 0 Å². The van der Waals surface area contributed by atoms with Gasteiger partial charge < -0.3 is 0 Å². The fourth-order valence-corrected chi connectivity index (χ4v) is 1.09. The molecule has 96 valence electrons. The van der Waals surface area contributed by atoms with E-state index >= 15 is 0 Å². The molecule has 0 fully saturated rings. The lowest BCUT2D eigenvalue weighted by Crippen LogP contribution is -2.20. The predicted molar refractivity (Wildman–Crippen MR) is 68.5 cm³/mol. The summed E-state index contributed by atoms with van der Waals surface area (Å²) in [5, 5.41) is 14.5. The van der Waals surface area contributed by atoms with Gasteiger partial charge in [-0.05, 0) is 18.9 Å². The first-order chi connectivity index (χ1) is 8.41. The minimum Gasteiger partial charge on any atom is -0.267 e. The summed E-state index contributed by atoms with van der Waals surface area (Å²) in [6, 6.07) is 5.52. The number of nitrogens with zero attached hydrogens (tertiary/aromatic N) is 2. The SMILES string of the molecule is C/C(=N\NC(=O)c1cccc([N+](=O)[O-])c1)C(C)C. The highest BCUT2D eigenvalue weighted by atomic mass is 16.6. The van der Waals surface area contributed by atoms with E-state index < -0.39 is 10.8 Å². The molecule has 6 nitrogen and oxygen atoms in total. The number of non-ortho nitro benzene ring substituents is 1. The van der Waals surface area contributed by atoms with Crippen LogP contribution in [0.15, 0.2) is 29.4 Å².